The number of thiocarbonyl (C=S) groups is 1. The Morgan fingerprint density at radius 1 is 1.35 bits per heavy atom. The van der Waals surface area contributed by atoms with Crippen LogP contribution < -0.4 is 11.1 Å². The Balaban J connectivity index is 2.25. The average molecular weight is 301 g/mol. The number of anilines is 1. The van der Waals surface area contributed by atoms with Crippen molar-refractivity contribution >= 4 is 22.9 Å². The standard InChI is InChI=1S/C12H10F3N3OS/c13-12(14,15)10-5-7(1-2-9(10)11(16)20)17-6-8-3-4-19-18-8/h1-5,17H,6H2,(H2,16,20). The minimum atomic E-state index is -4.52. The van der Waals surface area contributed by atoms with Crippen molar-refractivity contribution in [1.82, 2.24) is 5.16 Å². The van der Waals surface area contributed by atoms with Crippen LogP contribution in [0.1, 0.15) is 16.8 Å². The summed E-state index contributed by atoms with van der Waals surface area (Å²) in [4.78, 5) is -0.291. The van der Waals surface area contributed by atoms with Crippen LogP contribution in [0.5, 0.6) is 0 Å². The average Bonchev–Trinajstić information content (AvgIpc) is 2.88. The minimum absolute atomic E-state index is 0.195. The second-order valence-electron chi connectivity index (χ2n) is 3.97. The smallest absolute Gasteiger partial charge is 0.389 e. The number of nitrogens with zero attached hydrogens (tertiary/aromatic N) is 1. The second-order valence-corrected chi connectivity index (χ2v) is 4.41. The zero-order valence-corrected chi connectivity index (χ0v) is 10.9. The van der Waals surface area contributed by atoms with Crippen LogP contribution in [0.2, 0.25) is 0 Å². The van der Waals surface area contributed by atoms with Crippen LogP contribution in [-0.4, -0.2) is 10.1 Å². The van der Waals surface area contributed by atoms with Gasteiger partial charge in [-0.3, -0.25) is 0 Å². The number of rotatable bonds is 4. The summed E-state index contributed by atoms with van der Waals surface area (Å²) in [7, 11) is 0. The lowest BCUT2D eigenvalue weighted by Crippen LogP contribution is -2.18. The predicted octanol–water partition coefficient (Wildman–Crippen LogP) is 2.94. The van der Waals surface area contributed by atoms with Gasteiger partial charge in [-0.2, -0.15) is 13.2 Å². The van der Waals surface area contributed by atoms with Gasteiger partial charge in [0, 0.05) is 17.3 Å². The van der Waals surface area contributed by atoms with E-state index < -0.39 is 11.7 Å². The molecule has 0 unspecified atom stereocenters. The van der Waals surface area contributed by atoms with Gasteiger partial charge in [-0.15, -0.1) is 0 Å². The first-order chi connectivity index (χ1) is 9.38. The van der Waals surface area contributed by atoms with Gasteiger partial charge in [0.1, 0.15) is 16.9 Å². The Kier molecular flexibility index (Phi) is 3.93. The van der Waals surface area contributed by atoms with Crippen LogP contribution in [0.3, 0.4) is 0 Å². The van der Waals surface area contributed by atoms with E-state index in [0.29, 0.717) is 11.4 Å². The summed E-state index contributed by atoms with van der Waals surface area (Å²) in [6.07, 6.45) is -3.14. The van der Waals surface area contributed by atoms with E-state index >= 15 is 0 Å². The third-order valence-corrected chi connectivity index (χ3v) is 2.78. The SMILES string of the molecule is NC(=S)c1ccc(NCc2ccon2)cc1C(F)(F)F. The number of benzene rings is 1. The first-order valence-corrected chi connectivity index (χ1v) is 5.93. The number of halogens is 3. The van der Waals surface area contributed by atoms with Gasteiger partial charge in [0.2, 0.25) is 0 Å². The highest BCUT2D eigenvalue weighted by Gasteiger charge is 2.34. The van der Waals surface area contributed by atoms with Crippen LogP contribution in [0.25, 0.3) is 0 Å². The van der Waals surface area contributed by atoms with E-state index in [1.807, 2.05) is 0 Å². The number of hydrogen-bond donors (Lipinski definition) is 2. The molecular weight excluding hydrogens is 291 g/mol. The fraction of sp³-hybridized carbons (Fsp3) is 0.167. The molecule has 0 aliphatic rings. The van der Waals surface area contributed by atoms with Gasteiger partial charge < -0.3 is 15.6 Å². The molecule has 8 heteroatoms. The summed E-state index contributed by atoms with van der Waals surface area (Å²) >= 11 is 4.63. The zero-order valence-electron chi connectivity index (χ0n) is 10.1. The summed E-state index contributed by atoms with van der Waals surface area (Å²) in [6, 6.07) is 5.30. The molecule has 0 radical (unpaired) electrons. The normalized spacial score (nSPS) is 11.3. The van der Waals surface area contributed by atoms with Crippen molar-refractivity contribution in [3.05, 3.63) is 47.3 Å². The van der Waals surface area contributed by atoms with Crippen LogP contribution in [0.4, 0.5) is 18.9 Å². The molecule has 1 aromatic heterocycles. The summed E-state index contributed by atoms with van der Waals surface area (Å²) < 4.78 is 43.4. The zero-order chi connectivity index (χ0) is 14.8. The largest absolute Gasteiger partial charge is 0.417 e. The van der Waals surface area contributed by atoms with Crippen molar-refractivity contribution < 1.29 is 17.7 Å². The van der Waals surface area contributed by atoms with Crippen molar-refractivity contribution in [2.75, 3.05) is 5.32 Å². The van der Waals surface area contributed by atoms with Crippen LogP contribution in [0.15, 0.2) is 35.1 Å². The van der Waals surface area contributed by atoms with Crippen molar-refractivity contribution in [2.24, 2.45) is 5.73 Å². The first-order valence-electron chi connectivity index (χ1n) is 5.52. The topological polar surface area (TPSA) is 64.1 Å². The molecule has 0 spiro atoms. The summed E-state index contributed by atoms with van der Waals surface area (Å²) in [5.41, 5.74) is 5.11. The van der Waals surface area contributed by atoms with Gasteiger partial charge >= 0.3 is 6.18 Å². The Hall–Kier alpha value is -2.09. The first kappa shape index (κ1) is 14.3. The molecule has 0 saturated heterocycles. The molecule has 4 nitrogen and oxygen atoms in total. The van der Waals surface area contributed by atoms with Crippen molar-refractivity contribution in [3.63, 3.8) is 0 Å². The molecule has 2 rings (SSSR count). The Morgan fingerprint density at radius 3 is 2.65 bits per heavy atom. The maximum absolute atomic E-state index is 12.9. The third-order valence-electron chi connectivity index (χ3n) is 2.56. The van der Waals surface area contributed by atoms with Crippen LogP contribution >= 0.6 is 12.2 Å². The van der Waals surface area contributed by atoms with E-state index in [-0.39, 0.29) is 17.1 Å². The molecule has 1 heterocycles. The quantitative estimate of drug-likeness (QED) is 0.850. The lowest BCUT2D eigenvalue weighted by atomic mass is 10.1. The maximum Gasteiger partial charge on any atom is 0.417 e. The van der Waals surface area contributed by atoms with Gasteiger partial charge in [-0.1, -0.05) is 17.4 Å². The van der Waals surface area contributed by atoms with Gasteiger partial charge in [0.05, 0.1) is 12.1 Å². The van der Waals surface area contributed by atoms with E-state index in [0.717, 1.165) is 6.07 Å². The molecule has 1 aromatic carbocycles. The fourth-order valence-electron chi connectivity index (χ4n) is 1.62. The summed E-state index contributed by atoms with van der Waals surface area (Å²) in [5, 5.41) is 6.47. The lowest BCUT2D eigenvalue weighted by Gasteiger charge is -2.14. The van der Waals surface area contributed by atoms with Gasteiger partial charge in [0.25, 0.3) is 0 Å². The second kappa shape index (κ2) is 5.49. The fourth-order valence-corrected chi connectivity index (χ4v) is 1.80. The lowest BCUT2D eigenvalue weighted by molar-refractivity contribution is -0.137. The Labute approximate surface area is 117 Å². The number of alkyl halides is 3. The molecule has 0 aliphatic heterocycles. The molecule has 0 amide bonds. The van der Waals surface area contributed by atoms with E-state index in [4.69, 9.17) is 5.73 Å². The molecule has 106 valence electrons. The Bertz CT molecular complexity index is 611. The highest BCUT2D eigenvalue weighted by atomic mass is 32.1. The molecule has 0 bridgehead atoms. The Morgan fingerprint density at radius 2 is 2.10 bits per heavy atom. The van der Waals surface area contributed by atoms with E-state index in [9.17, 15) is 13.2 Å². The van der Waals surface area contributed by atoms with Crippen molar-refractivity contribution in [2.45, 2.75) is 12.7 Å². The molecule has 3 N–H and O–H groups in total. The summed E-state index contributed by atoms with van der Waals surface area (Å²) in [6.45, 7) is 0.250. The van der Waals surface area contributed by atoms with Gasteiger partial charge in [-0.25, -0.2) is 0 Å². The van der Waals surface area contributed by atoms with Gasteiger partial charge in [-0.05, 0) is 18.2 Å². The van der Waals surface area contributed by atoms with Crippen molar-refractivity contribution in [1.29, 1.82) is 0 Å². The number of hydrogen-bond acceptors (Lipinski definition) is 4. The van der Waals surface area contributed by atoms with Gasteiger partial charge in [0.15, 0.2) is 0 Å². The number of nitrogens with one attached hydrogen (secondary N) is 1. The van der Waals surface area contributed by atoms with E-state index in [1.54, 1.807) is 6.07 Å². The number of nitrogens with two attached hydrogens (primary N) is 1. The van der Waals surface area contributed by atoms with E-state index in [1.165, 1.54) is 18.4 Å². The molecule has 0 saturated carbocycles. The summed E-state index contributed by atoms with van der Waals surface area (Å²) in [5.74, 6) is 0. The predicted molar refractivity (Wildman–Crippen MR) is 71.2 cm³/mol. The number of aromatic nitrogens is 1. The molecule has 2 aromatic rings. The molecule has 20 heavy (non-hydrogen) atoms. The van der Waals surface area contributed by atoms with Crippen molar-refractivity contribution in [3.8, 4) is 0 Å². The maximum atomic E-state index is 12.9. The monoisotopic (exact) mass is 301 g/mol. The molecule has 0 atom stereocenters. The third kappa shape index (κ3) is 3.27. The van der Waals surface area contributed by atoms with E-state index in [2.05, 4.69) is 27.2 Å². The molecular formula is C12H10F3N3OS. The highest BCUT2D eigenvalue weighted by molar-refractivity contribution is 7.80. The molecule has 0 aliphatic carbocycles. The molecule has 0 fully saturated rings. The van der Waals surface area contributed by atoms with Crippen LogP contribution in [-0.2, 0) is 12.7 Å². The highest BCUT2D eigenvalue weighted by Crippen LogP contribution is 2.33. The van der Waals surface area contributed by atoms with Crippen LogP contribution in [0, 0.1) is 0 Å². The minimum Gasteiger partial charge on any atom is -0.389 e.